The van der Waals surface area contributed by atoms with E-state index >= 15 is 0 Å². The van der Waals surface area contributed by atoms with Crippen molar-refractivity contribution in [2.45, 2.75) is 58.7 Å². The van der Waals surface area contributed by atoms with Gasteiger partial charge in [-0.1, -0.05) is 44.2 Å². The van der Waals surface area contributed by atoms with E-state index in [4.69, 9.17) is 14.2 Å². The highest BCUT2D eigenvalue weighted by molar-refractivity contribution is 5.66. The maximum Gasteiger partial charge on any atom is 0.304 e. The van der Waals surface area contributed by atoms with Crippen molar-refractivity contribution in [2.24, 2.45) is 11.8 Å². The predicted molar refractivity (Wildman–Crippen MR) is 88.6 cm³/mol. The smallest absolute Gasteiger partial charge is 0.304 e. The SMILES string of the molecule is CC[C@H]1OC(OC(C)=O)[C@H](CC#N)[C@@H](OCc2ccccc2)[C@H]1C. The lowest BCUT2D eigenvalue weighted by Crippen LogP contribution is -2.52. The first-order chi connectivity index (χ1) is 11.6. The highest BCUT2D eigenvalue weighted by Crippen LogP contribution is 2.36. The van der Waals surface area contributed by atoms with Crippen LogP contribution >= 0.6 is 0 Å². The Bertz CT molecular complexity index is 568. The molecule has 1 aromatic carbocycles. The van der Waals surface area contributed by atoms with E-state index in [1.807, 2.05) is 37.3 Å². The summed E-state index contributed by atoms with van der Waals surface area (Å²) in [5.41, 5.74) is 1.07. The molecule has 1 aliphatic heterocycles. The number of carbonyl (C=O) groups excluding carboxylic acids is 1. The van der Waals surface area contributed by atoms with Gasteiger partial charge in [0.1, 0.15) is 0 Å². The number of hydrogen-bond acceptors (Lipinski definition) is 5. The number of nitriles is 1. The standard InChI is InChI=1S/C19H25NO4/c1-4-17-13(2)18(22-12-15-8-6-5-7-9-15)16(10-11-20)19(24-17)23-14(3)21/h5-9,13,16-19H,4,10,12H2,1-3H3/t13-,16+,17+,18-,19?/m0/s1. The molecule has 0 amide bonds. The van der Waals surface area contributed by atoms with Crippen molar-refractivity contribution < 1.29 is 19.0 Å². The molecule has 0 saturated carbocycles. The van der Waals surface area contributed by atoms with Crippen molar-refractivity contribution >= 4 is 5.97 Å². The van der Waals surface area contributed by atoms with E-state index in [1.165, 1.54) is 6.92 Å². The summed E-state index contributed by atoms with van der Waals surface area (Å²) in [6.07, 6.45) is 0.0173. The largest absolute Gasteiger partial charge is 0.435 e. The Hall–Kier alpha value is -1.90. The van der Waals surface area contributed by atoms with Crippen molar-refractivity contribution in [2.75, 3.05) is 0 Å². The van der Waals surface area contributed by atoms with E-state index in [1.54, 1.807) is 0 Å². The van der Waals surface area contributed by atoms with Gasteiger partial charge in [0.15, 0.2) is 0 Å². The molecule has 1 unspecified atom stereocenters. The fraction of sp³-hybridized carbons (Fsp3) is 0.579. The number of hydrogen-bond donors (Lipinski definition) is 0. The fourth-order valence-corrected chi connectivity index (χ4v) is 3.26. The molecule has 0 spiro atoms. The first kappa shape index (κ1) is 18.4. The Kier molecular flexibility index (Phi) is 6.77. The summed E-state index contributed by atoms with van der Waals surface area (Å²) in [6.45, 7) is 5.91. The van der Waals surface area contributed by atoms with E-state index in [2.05, 4.69) is 13.0 Å². The molecule has 2 rings (SSSR count). The second kappa shape index (κ2) is 8.81. The van der Waals surface area contributed by atoms with Crippen LogP contribution in [-0.4, -0.2) is 24.5 Å². The molecule has 130 valence electrons. The highest BCUT2D eigenvalue weighted by atomic mass is 16.7. The molecule has 0 aromatic heterocycles. The minimum absolute atomic E-state index is 0.0648. The number of ether oxygens (including phenoxy) is 3. The number of esters is 1. The molecule has 0 aliphatic carbocycles. The molecule has 5 heteroatoms. The van der Waals surface area contributed by atoms with Gasteiger partial charge in [-0.25, -0.2) is 0 Å². The summed E-state index contributed by atoms with van der Waals surface area (Å²) < 4.78 is 17.4. The molecule has 0 bridgehead atoms. The van der Waals surface area contributed by atoms with Crippen LogP contribution < -0.4 is 0 Å². The maximum atomic E-state index is 11.4. The fourth-order valence-electron chi connectivity index (χ4n) is 3.26. The Labute approximate surface area is 143 Å². The van der Waals surface area contributed by atoms with Crippen LogP contribution in [0.15, 0.2) is 30.3 Å². The number of nitrogens with zero attached hydrogens (tertiary/aromatic N) is 1. The Morgan fingerprint density at radius 3 is 2.62 bits per heavy atom. The molecule has 5 atom stereocenters. The summed E-state index contributed by atoms with van der Waals surface area (Å²) in [6, 6.07) is 12.1. The zero-order chi connectivity index (χ0) is 17.5. The Morgan fingerprint density at radius 1 is 1.33 bits per heavy atom. The van der Waals surface area contributed by atoms with Crippen LogP contribution in [0.2, 0.25) is 0 Å². The molecule has 1 heterocycles. The van der Waals surface area contributed by atoms with Crippen LogP contribution in [0.3, 0.4) is 0 Å². The normalized spacial score (nSPS) is 29.7. The number of benzene rings is 1. The van der Waals surface area contributed by atoms with E-state index < -0.39 is 12.3 Å². The van der Waals surface area contributed by atoms with Crippen LogP contribution in [0.25, 0.3) is 0 Å². The first-order valence-corrected chi connectivity index (χ1v) is 8.42. The third kappa shape index (κ3) is 4.56. The van der Waals surface area contributed by atoms with Gasteiger partial charge in [-0.05, 0) is 12.0 Å². The van der Waals surface area contributed by atoms with Crippen LogP contribution in [0.4, 0.5) is 0 Å². The van der Waals surface area contributed by atoms with E-state index in [9.17, 15) is 10.1 Å². The van der Waals surface area contributed by atoms with Crippen molar-refractivity contribution in [3.63, 3.8) is 0 Å². The lowest BCUT2D eigenvalue weighted by Gasteiger charge is -2.44. The summed E-state index contributed by atoms with van der Waals surface area (Å²) in [7, 11) is 0. The van der Waals surface area contributed by atoms with Crippen molar-refractivity contribution in [3.05, 3.63) is 35.9 Å². The zero-order valence-electron chi connectivity index (χ0n) is 14.5. The molecule has 1 saturated heterocycles. The van der Waals surface area contributed by atoms with Crippen molar-refractivity contribution in [1.82, 2.24) is 0 Å². The van der Waals surface area contributed by atoms with Crippen LogP contribution in [0, 0.1) is 23.2 Å². The quantitative estimate of drug-likeness (QED) is 0.747. The van der Waals surface area contributed by atoms with Crippen molar-refractivity contribution in [3.8, 4) is 6.07 Å². The van der Waals surface area contributed by atoms with Crippen LogP contribution in [0.1, 0.15) is 39.2 Å². The van der Waals surface area contributed by atoms with Crippen LogP contribution in [-0.2, 0) is 25.6 Å². The third-order valence-corrected chi connectivity index (χ3v) is 4.48. The molecule has 0 radical (unpaired) electrons. The molecule has 24 heavy (non-hydrogen) atoms. The molecular weight excluding hydrogens is 306 g/mol. The lowest BCUT2D eigenvalue weighted by atomic mass is 9.82. The van der Waals surface area contributed by atoms with Gasteiger partial charge in [-0.15, -0.1) is 0 Å². The van der Waals surface area contributed by atoms with Gasteiger partial charge in [-0.3, -0.25) is 4.79 Å². The number of rotatable bonds is 6. The second-order valence-electron chi connectivity index (χ2n) is 6.21. The summed E-state index contributed by atoms with van der Waals surface area (Å²) >= 11 is 0. The molecule has 1 aromatic rings. The minimum Gasteiger partial charge on any atom is -0.435 e. The lowest BCUT2D eigenvalue weighted by molar-refractivity contribution is -0.265. The summed E-state index contributed by atoms with van der Waals surface area (Å²) in [5.74, 6) is -0.585. The highest BCUT2D eigenvalue weighted by Gasteiger charge is 2.45. The molecule has 5 nitrogen and oxygen atoms in total. The topological polar surface area (TPSA) is 68.5 Å². The molecule has 1 aliphatic rings. The van der Waals surface area contributed by atoms with Gasteiger partial charge in [0.2, 0.25) is 6.29 Å². The summed E-state index contributed by atoms with van der Waals surface area (Å²) in [5, 5.41) is 9.18. The first-order valence-electron chi connectivity index (χ1n) is 8.42. The van der Waals surface area contributed by atoms with E-state index in [0.29, 0.717) is 6.61 Å². The molecular formula is C19H25NO4. The van der Waals surface area contributed by atoms with E-state index in [0.717, 1.165) is 12.0 Å². The van der Waals surface area contributed by atoms with Gasteiger partial charge >= 0.3 is 5.97 Å². The van der Waals surface area contributed by atoms with E-state index in [-0.39, 0.29) is 30.5 Å². The molecule has 1 fully saturated rings. The van der Waals surface area contributed by atoms with Gasteiger partial charge in [0.25, 0.3) is 0 Å². The number of carbonyl (C=O) groups is 1. The predicted octanol–water partition coefficient (Wildman–Crippen LogP) is 3.44. The van der Waals surface area contributed by atoms with Gasteiger partial charge in [-0.2, -0.15) is 5.26 Å². The second-order valence-corrected chi connectivity index (χ2v) is 6.21. The molecule has 0 N–H and O–H groups in total. The zero-order valence-corrected chi connectivity index (χ0v) is 14.5. The Morgan fingerprint density at radius 2 is 2.04 bits per heavy atom. The van der Waals surface area contributed by atoms with Gasteiger partial charge in [0, 0.05) is 19.3 Å². The van der Waals surface area contributed by atoms with Gasteiger partial charge < -0.3 is 14.2 Å². The van der Waals surface area contributed by atoms with Crippen molar-refractivity contribution in [1.29, 1.82) is 5.26 Å². The summed E-state index contributed by atoms with van der Waals surface area (Å²) in [4.78, 5) is 11.4. The monoisotopic (exact) mass is 331 g/mol. The average molecular weight is 331 g/mol. The average Bonchev–Trinajstić information content (AvgIpc) is 2.57. The van der Waals surface area contributed by atoms with Gasteiger partial charge in [0.05, 0.1) is 30.8 Å². The minimum atomic E-state index is -0.732. The Balaban J connectivity index is 2.17. The van der Waals surface area contributed by atoms with Crippen LogP contribution in [0.5, 0.6) is 0 Å². The maximum absolute atomic E-state index is 11.4. The third-order valence-electron chi connectivity index (χ3n) is 4.48.